The van der Waals surface area contributed by atoms with Crippen LogP contribution in [0.1, 0.15) is 24.8 Å². The number of piperazine rings is 1. The van der Waals surface area contributed by atoms with Crippen molar-refractivity contribution in [1.29, 1.82) is 0 Å². The van der Waals surface area contributed by atoms with Crippen molar-refractivity contribution in [2.24, 2.45) is 5.92 Å². The van der Waals surface area contributed by atoms with Crippen LogP contribution < -0.4 is 15.0 Å². The Labute approximate surface area is 272 Å². The van der Waals surface area contributed by atoms with E-state index in [2.05, 4.69) is 30.0 Å². The zero-order valence-electron chi connectivity index (χ0n) is 25.1. The number of carbonyl (C=O) groups excluding carboxylic acids is 1. The first-order chi connectivity index (χ1) is 21.7. The van der Waals surface area contributed by atoms with E-state index in [0.29, 0.717) is 53.0 Å². The molecular weight excluding hydrogens is 621 g/mol. The number of benzene rings is 1. The number of carboxylic acids is 1. The molecule has 2 aliphatic heterocycles. The Morgan fingerprint density at radius 1 is 0.956 bits per heavy atom. The molecule has 4 heterocycles. The van der Waals surface area contributed by atoms with Gasteiger partial charge < -0.3 is 24.8 Å². The van der Waals surface area contributed by atoms with E-state index in [1.165, 1.54) is 0 Å². The number of rotatable bonds is 11. The van der Waals surface area contributed by atoms with Gasteiger partial charge in [0.05, 0.1) is 18.1 Å². The van der Waals surface area contributed by atoms with Gasteiger partial charge in [-0.25, -0.2) is 19.7 Å². The molecule has 240 valence electrons. The third-order valence-corrected chi connectivity index (χ3v) is 8.37. The van der Waals surface area contributed by atoms with E-state index in [1.54, 1.807) is 25.5 Å². The minimum Gasteiger partial charge on any atom is -0.481 e. The number of carboxylic acid groups (broad SMARTS) is 1. The third kappa shape index (κ3) is 9.64. The maximum Gasteiger partial charge on any atom is 0.406 e. The van der Waals surface area contributed by atoms with E-state index in [1.807, 2.05) is 24.3 Å². The highest BCUT2D eigenvalue weighted by Crippen LogP contribution is 2.31. The summed E-state index contributed by atoms with van der Waals surface area (Å²) in [7, 11) is 1.54. The van der Waals surface area contributed by atoms with Crippen LogP contribution in [0, 0.1) is 5.92 Å². The molecule has 5 rings (SSSR count). The predicted octanol–water partition coefficient (Wildman–Crippen LogP) is 4.80. The molecule has 45 heavy (non-hydrogen) atoms. The summed E-state index contributed by atoms with van der Waals surface area (Å²) in [6.07, 6.45) is 4.77. The molecule has 0 unspecified atom stereocenters. The Balaban J connectivity index is 1.24. The highest BCUT2D eigenvalue weighted by atomic mass is 35.5. The SMILES string of the molecule is CNC(=O)OCCN1CCN(c2ncc(Oc3cc(CN4CCC(CC(=O)O)CC4)cc(-c4cc(Cl)cc(Cl)c4)n3)cn2)CC1. The Hall–Kier alpha value is -3.71. The minimum atomic E-state index is -0.740. The van der Waals surface area contributed by atoms with Gasteiger partial charge in [-0.05, 0) is 61.7 Å². The number of halogens is 2. The van der Waals surface area contributed by atoms with Crippen LogP contribution in [0.4, 0.5) is 10.7 Å². The molecule has 0 aliphatic carbocycles. The number of carbonyl (C=O) groups is 2. The molecule has 14 heteroatoms. The number of hydrogen-bond donors (Lipinski definition) is 2. The molecule has 2 aliphatic rings. The van der Waals surface area contributed by atoms with Gasteiger partial charge in [-0.1, -0.05) is 23.2 Å². The summed E-state index contributed by atoms with van der Waals surface area (Å²) >= 11 is 12.6. The third-order valence-electron chi connectivity index (χ3n) is 7.93. The number of piperidine rings is 1. The van der Waals surface area contributed by atoms with Crippen LogP contribution in [-0.2, 0) is 16.1 Å². The smallest absolute Gasteiger partial charge is 0.406 e. The first-order valence-corrected chi connectivity index (χ1v) is 15.7. The lowest BCUT2D eigenvalue weighted by Gasteiger charge is -2.34. The maximum absolute atomic E-state index is 11.3. The van der Waals surface area contributed by atoms with Crippen molar-refractivity contribution in [3.05, 3.63) is 58.3 Å². The number of anilines is 1. The van der Waals surface area contributed by atoms with E-state index in [9.17, 15) is 9.59 Å². The standard InChI is InChI=1S/C31H37Cl2N7O5/c1-34-31(43)44-11-10-38-6-8-40(9-7-38)30-35-18-26(19-36-30)45-28-13-22(20-39-4-2-21(3-5-39)14-29(41)42)12-27(37-28)23-15-24(32)17-25(33)16-23/h12-13,15-19,21H,2-11,14,20H2,1H3,(H,34,43)(H,41,42). The molecule has 2 N–H and O–H groups in total. The number of ether oxygens (including phenoxy) is 2. The number of nitrogens with zero attached hydrogens (tertiary/aromatic N) is 6. The van der Waals surface area contributed by atoms with Crippen molar-refractivity contribution in [3.63, 3.8) is 0 Å². The second-order valence-electron chi connectivity index (χ2n) is 11.2. The number of hydrogen-bond acceptors (Lipinski definition) is 10. The number of likely N-dealkylation sites (tertiary alicyclic amines) is 1. The molecule has 0 saturated carbocycles. The van der Waals surface area contributed by atoms with Crippen molar-refractivity contribution in [1.82, 2.24) is 30.1 Å². The lowest BCUT2D eigenvalue weighted by atomic mass is 9.93. The molecule has 0 radical (unpaired) electrons. The highest BCUT2D eigenvalue weighted by Gasteiger charge is 2.22. The molecule has 1 aromatic carbocycles. The van der Waals surface area contributed by atoms with Gasteiger partial charge in [-0.3, -0.25) is 14.6 Å². The van der Waals surface area contributed by atoms with Crippen molar-refractivity contribution >= 4 is 41.2 Å². The van der Waals surface area contributed by atoms with Crippen molar-refractivity contribution in [2.75, 3.05) is 64.4 Å². The molecule has 2 fully saturated rings. The highest BCUT2D eigenvalue weighted by molar-refractivity contribution is 6.35. The molecule has 2 aromatic heterocycles. The van der Waals surface area contributed by atoms with Gasteiger partial charge in [-0.2, -0.15) is 0 Å². The van der Waals surface area contributed by atoms with Crippen LogP contribution >= 0.6 is 23.2 Å². The summed E-state index contributed by atoms with van der Waals surface area (Å²) in [5.74, 6) is 0.934. The average Bonchev–Trinajstić information content (AvgIpc) is 3.02. The first-order valence-electron chi connectivity index (χ1n) is 15.0. The van der Waals surface area contributed by atoms with Crippen LogP contribution in [0.15, 0.2) is 42.7 Å². The van der Waals surface area contributed by atoms with Crippen molar-refractivity contribution in [2.45, 2.75) is 25.8 Å². The lowest BCUT2D eigenvalue weighted by molar-refractivity contribution is -0.138. The molecular formula is C31H37Cl2N7O5. The van der Waals surface area contributed by atoms with Crippen LogP contribution in [0.3, 0.4) is 0 Å². The number of amides is 1. The van der Waals surface area contributed by atoms with Crippen LogP contribution in [-0.4, -0.2) is 101 Å². The molecule has 0 spiro atoms. The Morgan fingerprint density at radius 2 is 1.64 bits per heavy atom. The van der Waals surface area contributed by atoms with Crippen LogP contribution in [0.25, 0.3) is 11.3 Å². The Morgan fingerprint density at radius 3 is 2.29 bits per heavy atom. The summed E-state index contributed by atoms with van der Waals surface area (Å²) in [6.45, 7) is 6.45. The molecule has 0 bridgehead atoms. The van der Waals surface area contributed by atoms with E-state index in [4.69, 9.17) is 42.8 Å². The lowest BCUT2D eigenvalue weighted by Crippen LogP contribution is -2.48. The van der Waals surface area contributed by atoms with E-state index in [0.717, 1.165) is 63.2 Å². The molecule has 0 atom stereocenters. The largest absolute Gasteiger partial charge is 0.481 e. The van der Waals surface area contributed by atoms with Gasteiger partial charge in [0.2, 0.25) is 11.8 Å². The summed E-state index contributed by atoms with van der Waals surface area (Å²) in [5, 5.41) is 12.6. The quantitative estimate of drug-likeness (QED) is 0.294. The maximum atomic E-state index is 11.3. The normalized spacial score (nSPS) is 16.4. The van der Waals surface area contributed by atoms with Crippen molar-refractivity contribution < 1.29 is 24.2 Å². The van der Waals surface area contributed by atoms with Gasteiger partial charge in [0.15, 0.2) is 5.75 Å². The number of alkyl carbamates (subject to hydrolysis) is 1. The van der Waals surface area contributed by atoms with Crippen LogP contribution in [0.5, 0.6) is 11.6 Å². The van der Waals surface area contributed by atoms with Gasteiger partial charge in [-0.15, -0.1) is 0 Å². The summed E-state index contributed by atoms with van der Waals surface area (Å²) < 4.78 is 11.3. The number of aliphatic carboxylic acids is 1. The summed E-state index contributed by atoms with van der Waals surface area (Å²) in [4.78, 5) is 42.9. The molecule has 12 nitrogen and oxygen atoms in total. The summed E-state index contributed by atoms with van der Waals surface area (Å²) in [5.41, 5.74) is 2.44. The zero-order valence-corrected chi connectivity index (χ0v) is 26.6. The number of nitrogens with one attached hydrogen (secondary N) is 1. The van der Waals surface area contributed by atoms with Gasteiger partial charge in [0, 0.05) is 74.4 Å². The average molecular weight is 659 g/mol. The zero-order chi connectivity index (χ0) is 31.8. The van der Waals surface area contributed by atoms with Crippen LogP contribution in [0.2, 0.25) is 10.0 Å². The number of aromatic nitrogens is 3. The first kappa shape index (κ1) is 32.7. The molecule has 1 amide bonds. The predicted molar refractivity (Wildman–Crippen MR) is 171 cm³/mol. The van der Waals surface area contributed by atoms with Crippen molar-refractivity contribution in [3.8, 4) is 22.9 Å². The van der Waals surface area contributed by atoms with E-state index < -0.39 is 12.1 Å². The summed E-state index contributed by atoms with van der Waals surface area (Å²) in [6, 6.07) is 9.21. The van der Waals surface area contributed by atoms with E-state index >= 15 is 0 Å². The second-order valence-corrected chi connectivity index (χ2v) is 12.1. The fourth-order valence-electron chi connectivity index (χ4n) is 5.56. The van der Waals surface area contributed by atoms with Gasteiger partial charge >= 0.3 is 12.1 Å². The topological polar surface area (TPSA) is 133 Å². The molecule has 2 saturated heterocycles. The Bertz CT molecular complexity index is 1440. The Kier molecular flexibility index (Phi) is 11.3. The molecule has 3 aromatic rings. The fourth-order valence-corrected chi connectivity index (χ4v) is 6.09. The van der Waals surface area contributed by atoms with E-state index in [-0.39, 0.29) is 12.3 Å². The minimum absolute atomic E-state index is 0.209. The van der Waals surface area contributed by atoms with Gasteiger partial charge in [0.1, 0.15) is 6.61 Å². The number of pyridine rings is 1. The van der Waals surface area contributed by atoms with Gasteiger partial charge in [0.25, 0.3) is 0 Å². The monoisotopic (exact) mass is 657 g/mol. The fraction of sp³-hybridized carbons (Fsp3) is 0.452. The second kappa shape index (κ2) is 15.5.